The highest BCUT2D eigenvalue weighted by molar-refractivity contribution is 6.02. The van der Waals surface area contributed by atoms with Gasteiger partial charge in [0.25, 0.3) is 5.91 Å². The van der Waals surface area contributed by atoms with E-state index in [1.54, 1.807) is 0 Å². The molecule has 0 bridgehead atoms. The molecule has 1 heterocycles. The predicted molar refractivity (Wildman–Crippen MR) is 90.7 cm³/mol. The van der Waals surface area contributed by atoms with Gasteiger partial charge in [-0.3, -0.25) is 4.79 Å². The molecule has 0 spiro atoms. The van der Waals surface area contributed by atoms with E-state index in [1.165, 1.54) is 5.01 Å². The van der Waals surface area contributed by atoms with E-state index in [4.69, 9.17) is 4.74 Å². The molecule has 1 aliphatic rings. The first kappa shape index (κ1) is 15.3. The molecular weight excluding hydrogens is 288 g/mol. The Morgan fingerprint density at radius 1 is 1.17 bits per heavy atom. The van der Waals surface area contributed by atoms with Crippen LogP contribution < -0.4 is 4.74 Å². The van der Waals surface area contributed by atoms with Crippen LogP contribution in [-0.2, 0) is 4.79 Å². The molecule has 0 N–H and O–H groups in total. The fraction of sp³-hybridized carbons (Fsp3) is 0.263. The second kappa shape index (κ2) is 6.65. The van der Waals surface area contributed by atoms with Crippen LogP contribution in [0.4, 0.5) is 0 Å². The molecule has 1 amide bonds. The second-order valence-electron chi connectivity index (χ2n) is 5.74. The number of rotatable bonds is 4. The summed E-state index contributed by atoms with van der Waals surface area (Å²) in [4.78, 5) is 12.3. The van der Waals surface area contributed by atoms with Crippen molar-refractivity contribution in [1.82, 2.24) is 5.01 Å². The van der Waals surface area contributed by atoms with Crippen LogP contribution in [0.15, 0.2) is 53.6 Å². The number of carbonyl (C=O) groups excluding carboxylic acids is 1. The topological polar surface area (TPSA) is 41.9 Å². The lowest BCUT2D eigenvalue weighted by Crippen LogP contribution is -2.29. The van der Waals surface area contributed by atoms with Gasteiger partial charge in [0.2, 0.25) is 0 Å². The summed E-state index contributed by atoms with van der Waals surface area (Å²) in [5, 5.41) is 5.94. The monoisotopic (exact) mass is 308 g/mol. The van der Waals surface area contributed by atoms with Gasteiger partial charge in [-0.1, -0.05) is 42.5 Å². The third-order valence-electron chi connectivity index (χ3n) is 3.89. The normalized spacial score (nSPS) is 13.8. The Morgan fingerprint density at radius 2 is 1.96 bits per heavy atom. The van der Waals surface area contributed by atoms with Gasteiger partial charge in [-0.05, 0) is 36.6 Å². The van der Waals surface area contributed by atoms with Gasteiger partial charge in [0.1, 0.15) is 5.75 Å². The number of benzene rings is 2. The minimum absolute atomic E-state index is 0.00978. The lowest BCUT2D eigenvalue weighted by atomic mass is 10.1. The molecule has 3 rings (SSSR count). The van der Waals surface area contributed by atoms with Crippen molar-refractivity contribution in [2.45, 2.75) is 20.3 Å². The zero-order chi connectivity index (χ0) is 16.2. The maximum absolute atomic E-state index is 12.3. The third-order valence-corrected chi connectivity index (χ3v) is 3.89. The quantitative estimate of drug-likeness (QED) is 0.869. The van der Waals surface area contributed by atoms with E-state index in [-0.39, 0.29) is 12.5 Å². The van der Waals surface area contributed by atoms with Gasteiger partial charge in [-0.15, -0.1) is 0 Å². The number of aryl methyl sites for hydroxylation is 2. The number of nitrogens with zero attached hydrogens (tertiary/aromatic N) is 2. The lowest BCUT2D eigenvalue weighted by Gasteiger charge is -2.13. The first-order valence-corrected chi connectivity index (χ1v) is 7.77. The maximum atomic E-state index is 12.3. The number of ether oxygens (including phenoxy) is 1. The zero-order valence-corrected chi connectivity index (χ0v) is 13.5. The summed E-state index contributed by atoms with van der Waals surface area (Å²) in [6.07, 6.45) is 0.777. The van der Waals surface area contributed by atoms with E-state index in [9.17, 15) is 4.79 Å². The van der Waals surface area contributed by atoms with Gasteiger partial charge < -0.3 is 4.74 Å². The van der Waals surface area contributed by atoms with Crippen molar-refractivity contribution >= 4 is 11.6 Å². The summed E-state index contributed by atoms with van der Waals surface area (Å²) in [6, 6.07) is 15.9. The van der Waals surface area contributed by atoms with E-state index >= 15 is 0 Å². The highest BCUT2D eigenvalue weighted by Gasteiger charge is 2.21. The van der Waals surface area contributed by atoms with E-state index in [0.29, 0.717) is 6.54 Å². The lowest BCUT2D eigenvalue weighted by molar-refractivity contribution is -0.132. The van der Waals surface area contributed by atoms with Crippen LogP contribution in [0.3, 0.4) is 0 Å². The molecule has 0 aliphatic carbocycles. The van der Waals surface area contributed by atoms with E-state index in [1.807, 2.05) is 62.4 Å². The van der Waals surface area contributed by atoms with Crippen LogP contribution in [0.1, 0.15) is 23.1 Å². The van der Waals surface area contributed by atoms with E-state index < -0.39 is 0 Å². The van der Waals surface area contributed by atoms with Crippen molar-refractivity contribution in [3.63, 3.8) is 0 Å². The van der Waals surface area contributed by atoms with Gasteiger partial charge in [0, 0.05) is 6.42 Å². The standard InChI is InChI=1S/C19H20N2O2/c1-14-8-9-15(2)18(12-14)23-13-19(22)21-11-10-17(20-21)16-6-4-3-5-7-16/h3-9,12H,10-11,13H2,1-2H3. The van der Waals surface area contributed by atoms with Crippen molar-refractivity contribution < 1.29 is 9.53 Å². The van der Waals surface area contributed by atoms with Crippen LogP contribution in [-0.4, -0.2) is 29.8 Å². The van der Waals surface area contributed by atoms with Crippen LogP contribution in [0.25, 0.3) is 0 Å². The second-order valence-corrected chi connectivity index (χ2v) is 5.74. The largest absolute Gasteiger partial charge is 0.483 e. The Balaban J connectivity index is 1.63. The zero-order valence-electron chi connectivity index (χ0n) is 13.5. The third kappa shape index (κ3) is 3.59. The van der Waals surface area contributed by atoms with E-state index in [2.05, 4.69) is 5.10 Å². The maximum Gasteiger partial charge on any atom is 0.280 e. The Kier molecular flexibility index (Phi) is 4.42. The number of amides is 1. The van der Waals surface area contributed by atoms with Crippen LogP contribution in [0, 0.1) is 13.8 Å². The molecule has 2 aromatic carbocycles. The number of hydrogen-bond acceptors (Lipinski definition) is 3. The van der Waals surface area contributed by atoms with Crippen molar-refractivity contribution in [2.75, 3.05) is 13.2 Å². The average molecular weight is 308 g/mol. The summed E-state index contributed by atoms with van der Waals surface area (Å²) in [7, 11) is 0. The van der Waals surface area contributed by atoms with Gasteiger partial charge in [-0.25, -0.2) is 5.01 Å². The Hall–Kier alpha value is -2.62. The van der Waals surface area contributed by atoms with Crippen molar-refractivity contribution in [2.24, 2.45) is 5.10 Å². The SMILES string of the molecule is Cc1ccc(C)c(OCC(=O)N2CCC(c3ccccc3)=N2)c1. The smallest absolute Gasteiger partial charge is 0.280 e. The average Bonchev–Trinajstić information content (AvgIpc) is 3.06. The molecule has 1 aliphatic heterocycles. The molecule has 0 aromatic heterocycles. The molecule has 0 saturated carbocycles. The first-order valence-electron chi connectivity index (χ1n) is 7.77. The van der Waals surface area contributed by atoms with Gasteiger partial charge in [0.15, 0.2) is 6.61 Å². The van der Waals surface area contributed by atoms with E-state index in [0.717, 1.165) is 34.6 Å². The van der Waals surface area contributed by atoms with Crippen LogP contribution in [0.5, 0.6) is 5.75 Å². The minimum atomic E-state index is -0.114. The molecule has 0 radical (unpaired) electrons. The Morgan fingerprint density at radius 3 is 2.74 bits per heavy atom. The molecule has 0 atom stereocenters. The summed E-state index contributed by atoms with van der Waals surface area (Å²) >= 11 is 0. The molecule has 118 valence electrons. The summed E-state index contributed by atoms with van der Waals surface area (Å²) in [6.45, 7) is 4.60. The fourth-order valence-electron chi connectivity index (χ4n) is 2.55. The fourth-order valence-corrected chi connectivity index (χ4v) is 2.55. The molecular formula is C19H20N2O2. The predicted octanol–water partition coefficient (Wildman–Crippen LogP) is 3.32. The molecule has 2 aromatic rings. The van der Waals surface area contributed by atoms with Crippen molar-refractivity contribution in [3.8, 4) is 5.75 Å². The Labute approximate surface area is 136 Å². The summed E-state index contributed by atoms with van der Waals surface area (Å²) in [5.74, 6) is 0.640. The highest BCUT2D eigenvalue weighted by atomic mass is 16.5. The van der Waals surface area contributed by atoms with Crippen LogP contribution >= 0.6 is 0 Å². The van der Waals surface area contributed by atoms with Gasteiger partial charge in [-0.2, -0.15) is 5.10 Å². The van der Waals surface area contributed by atoms with Gasteiger partial charge in [0.05, 0.1) is 12.3 Å². The summed E-state index contributed by atoms with van der Waals surface area (Å²) in [5.41, 5.74) is 4.16. The molecule has 4 heteroatoms. The van der Waals surface area contributed by atoms with Crippen molar-refractivity contribution in [3.05, 3.63) is 65.2 Å². The van der Waals surface area contributed by atoms with Crippen LogP contribution in [0.2, 0.25) is 0 Å². The first-order chi connectivity index (χ1) is 11.1. The number of hydrazone groups is 1. The molecule has 4 nitrogen and oxygen atoms in total. The molecule has 0 saturated heterocycles. The highest BCUT2D eigenvalue weighted by Crippen LogP contribution is 2.20. The number of carbonyl (C=O) groups is 1. The van der Waals surface area contributed by atoms with Gasteiger partial charge >= 0.3 is 0 Å². The number of hydrogen-bond donors (Lipinski definition) is 0. The van der Waals surface area contributed by atoms with Crippen molar-refractivity contribution in [1.29, 1.82) is 0 Å². The minimum Gasteiger partial charge on any atom is -0.483 e. The molecule has 0 unspecified atom stereocenters. The molecule has 23 heavy (non-hydrogen) atoms. The Bertz CT molecular complexity index is 738. The molecule has 0 fully saturated rings. The summed E-state index contributed by atoms with van der Waals surface area (Å²) < 4.78 is 5.67.